The van der Waals surface area contributed by atoms with Crippen molar-refractivity contribution < 1.29 is 14.0 Å². The molecule has 3 nitrogen and oxygen atoms in total. The first-order valence-corrected chi connectivity index (χ1v) is 20.9. The van der Waals surface area contributed by atoms with E-state index < -0.39 is 0 Å². The van der Waals surface area contributed by atoms with Gasteiger partial charge in [0.2, 0.25) is 0 Å². The van der Waals surface area contributed by atoms with Crippen LogP contribution in [0.2, 0.25) is 0 Å². The summed E-state index contributed by atoms with van der Waals surface area (Å²) < 4.78 is 6.40. The van der Waals surface area contributed by atoms with E-state index in [1.807, 2.05) is 0 Å². The van der Waals surface area contributed by atoms with Crippen LogP contribution in [-0.2, 0) is 9.53 Å². The summed E-state index contributed by atoms with van der Waals surface area (Å²) in [5.74, 6) is 0.676. The molecule has 0 aliphatic rings. The Morgan fingerprint density at radius 3 is 1.27 bits per heavy atom. The van der Waals surface area contributed by atoms with Gasteiger partial charge in [-0.25, -0.2) is 0 Å². The fraction of sp³-hybridized carbons (Fsp3) is 0.800. The topological polar surface area (TPSA) is 26.3 Å². The zero-order valence-electron chi connectivity index (χ0n) is 33.2. The molecule has 0 N–H and O–H groups in total. The predicted molar refractivity (Wildman–Crippen MR) is 215 cm³/mol. The van der Waals surface area contributed by atoms with Gasteiger partial charge in [-0.05, 0) is 76.5 Å². The maximum absolute atomic E-state index is 12.4. The van der Waals surface area contributed by atoms with E-state index in [9.17, 15) is 4.79 Å². The fourth-order valence-corrected chi connectivity index (χ4v) is 6.10. The molecule has 0 aliphatic carbocycles. The van der Waals surface area contributed by atoms with Crippen molar-refractivity contribution in [3.63, 3.8) is 0 Å². The lowest BCUT2D eigenvalue weighted by atomic mass is 9.90. The van der Waals surface area contributed by atoms with Crippen molar-refractivity contribution in [2.24, 2.45) is 5.92 Å². The number of allylic oxidation sites excluding steroid dienone is 8. The Labute approximate surface area is 301 Å². The van der Waals surface area contributed by atoms with E-state index >= 15 is 0 Å². The van der Waals surface area contributed by atoms with Gasteiger partial charge < -0.3 is 9.22 Å². The first-order valence-electron chi connectivity index (χ1n) is 20.9. The Morgan fingerprint density at radius 2 is 0.875 bits per heavy atom. The van der Waals surface area contributed by atoms with Crippen molar-refractivity contribution in [2.75, 3.05) is 34.3 Å². The Kier molecular flexibility index (Phi) is 35.4. The number of esters is 1. The zero-order chi connectivity index (χ0) is 35.2. The molecule has 0 spiro atoms. The molecule has 0 aromatic rings. The van der Waals surface area contributed by atoms with Crippen LogP contribution in [0.4, 0.5) is 0 Å². The molecule has 0 bridgehead atoms. The molecule has 0 rings (SSSR count). The maximum Gasteiger partial charge on any atom is 0.306 e. The first-order chi connectivity index (χ1) is 23.4. The van der Waals surface area contributed by atoms with Gasteiger partial charge in [-0.1, -0.05) is 165 Å². The van der Waals surface area contributed by atoms with Crippen LogP contribution < -0.4 is 0 Å². The largest absolute Gasteiger partial charge is 0.460 e. The van der Waals surface area contributed by atoms with Gasteiger partial charge in [0.05, 0.1) is 21.1 Å². The van der Waals surface area contributed by atoms with Crippen LogP contribution in [0.3, 0.4) is 0 Å². The summed E-state index contributed by atoms with van der Waals surface area (Å²) in [6.07, 6.45) is 54.1. The molecule has 0 fully saturated rings. The fourth-order valence-electron chi connectivity index (χ4n) is 6.10. The van der Waals surface area contributed by atoms with E-state index in [-0.39, 0.29) is 5.97 Å². The van der Waals surface area contributed by atoms with Gasteiger partial charge in [0.1, 0.15) is 13.2 Å². The predicted octanol–water partition coefficient (Wildman–Crippen LogP) is 14.0. The second-order valence-corrected chi connectivity index (χ2v) is 15.4. The summed E-state index contributed by atoms with van der Waals surface area (Å²) in [4.78, 5) is 12.4. The number of hydrogen-bond acceptors (Lipinski definition) is 2. The van der Waals surface area contributed by atoms with E-state index in [2.05, 4.69) is 83.6 Å². The van der Waals surface area contributed by atoms with Crippen molar-refractivity contribution in [2.45, 2.75) is 194 Å². The number of rotatable bonds is 36. The molecule has 0 aromatic heterocycles. The number of nitrogens with zero attached hydrogens (tertiary/aromatic N) is 1. The Bertz CT molecular complexity index is 739. The molecule has 0 heterocycles. The molecule has 0 aromatic carbocycles. The minimum Gasteiger partial charge on any atom is -0.460 e. The van der Waals surface area contributed by atoms with Gasteiger partial charge in [0.15, 0.2) is 0 Å². The monoisotopic (exact) mass is 671 g/mol. The Balaban J connectivity index is 4.11. The maximum atomic E-state index is 12.4. The van der Waals surface area contributed by atoms with Crippen LogP contribution in [0.25, 0.3) is 0 Å². The third-order valence-electron chi connectivity index (χ3n) is 9.41. The quantitative estimate of drug-likeness (QED) is 0.0287. The SMILES string of the molecule is CCCCC/C=C\C/C=C\CCCCCCCCC(CCCCCCCC/C=C\C/C=C\CCCCC)CCC(=O)OCC[N+](C)(C)C. The molecular weight excluding hydrogens is 587 g/mol. The molecule has 0 atom stereocenters. The van der Waals surface area contributed by atoms with Gasteiger partial charge in [-0.3, -0.25) is 4.79 Å². The highest BCUT2D eigenvalue weighted by molar-refractivity contribution is 5.69. The first kappa shape index (κ1) is 46.4. The van der Waals surface area contributed by atoms with Crippen LogP contribution in [-0.4, -0.2) is 44.7 Å². The normalized spacial score (nSPS) is 12.6. The Morgan fingerprint density at radius 1 is 0.500 bits per heavy atom. The summed E-state index contributed by atoms with van der Waals surface area (Å²) in [5.41, 5.74) is 0. The average molecular weight is 671 g/mol. The zero-order valence-corrected chi connectivity index (χ0v) is 33.2. The molecule has 0 aliphatic heterocycles. The lowest BCUT2D eigenvalue weighted by Gasteiger charge is -2.23. The Hall–Kier alpha value is -1.61. The molecule has 0 unspecified atom stereocenters. The number of likely N-dealkylation sites (N-methyl/N-ethyl adjacent to an activating group) is 1. The summed E-state index contributed by atoms with van der Waals surface area (Å²) >= 11 is 0. The van der Waals surface area contributed by atoms with Gasteiger partial charge in [-0.15, -0.1) is 0 Å². The van der Waals surface area contributed by atoms with Gasteiger partial charge >= 0.3 is 5.97 Å². The summed E-state index contributed by atoms with van der Waals surface area (Å²) in [7, 11) is 6.43. The number of ether oxygens (including phenoxy) is 1. The second kappa shape index (κ2) is 36.7. The molecule has 0 saturated heterocycles. The molecule has 0 amide bonds. The van der Waals surface area contributed by atoms with Crippen LogP contribution in [0, 0.1) is 5.92 Å². The molecule has 3 heteroatoms. The third kappa shape index (κ3) is 38.8. The van der Waals surface area contributed by atoms with Crippen LogP contribution in [0.15, 0.2) is 48.6 Å². The van der Waals surface area contributed by atoms with Crippen molar-refractivity contribution >= 4 is 5.97 Å². The van der Waals surface area contributed by atoms with Crippen LogP contribution in [0.5, 0.6) is 0 Å². The molecule has 0 radical (unpaired) electrons. The average Bonchev–Trinajstić information content (AvgIpc) is 3.05. The molecule has 280 valence electrons. The van der Waals surface area contributed by atoms with Crippen molar-refractivity contribution in [3.05, 3.63) is 48.6 Å². The minimum atomic E-state index is 0.00235. The lowest BCUT2D eigenvalue weighted by Crippen LogP contribution is -2.38. The lowest BCUT2D eigenvalue weighted by molar-refractivity contribution is -0.870. The number of quaternary nitrogens is 1. The number of unbranched alkanes of at least 4 members (excludes halogenated alkanes) is 18. The summed E-state index contributed by atoms with van der Waals surface area (Å²) in [5, 5.41) is 0. The molecular formula is C45H84NO2+. The number of carbonyl (C=O) groups is 1. The second-order valence-electron chi connectivity index (χ2n) is 15.4. The smallest absolute Gasteiger partial charge is 0.306 e. The van der Waals surface area contributed by atoms with Crippen LogP contribution in [0.1, 0.15) is 194 Å². The highest BCUT2D eigenvalue weighted by Crippen LogP contribution is 2.24. The van der Waals surface area contributed by atoms with Gasteiger partial charge in [0, 0.05) is 6.42 Å². The van der Waals surface area contributed by atoms with E-state index in [0.29, 0.717) is 18.9 Å². The van der Waals surface area contributed by atoms with Gasteiger partial charge in [-0.2, -0.15) is 0 Å². The minimum absolute atomic E-state index is 0.00235. The van der Waals surface area contributed by atoms with Crippen molar-refractivity contribution in [1.82, 2.24) is 0 Å². The van der Waals surface area contributed by atoms with Gasteiger partial charge in [0.25, 0.3) is 0 Å². The third-order valence-corrected chi connectivity index (χ3v) is 9.41. The van der Waals surface area contributed by atoms with E-state index in [1.165, 1.54) is 154 Å². The molecule has 48 heavy (non-hydrogen) atoms. The highest BCUT2D eigenvalue weighted by Gasteiger charge is 2.14. The molecule has 0 saturated carbocycles. The van der Waals surface area contributed by atoms with Crippen molar-refractivity contribution in [1.29, 1.82) is 0 Å². The van der Waals surface area contributed by atoms with E-state index in [0.717, 1.165) is 30.3 Å². The van der Waals surface area contributed by atoms with Crippen LogP contribution >= 0.6 is 0 Å². The standard InChI is InChI=1S/C45H84NO2/c1-6-8-10-12-14-16-18-20-22-24-26-28-30-32-34-36-38-44(40-41-45(47)48-43-42-46(3,4)5)39-37-35-33-31-29-27-25-23-21-19-17-15-13-11-9-7-2/h14-17,20-23,44H,6-13,18-19,24-43H2,1-5H3/q+1/b16-14-,17-15-,22-20-,23-21-. The highest BCUT2D eigenvalue weighted by atomic mass is 16.5. The number of hydrogen-bond donors (Lipinski definition) is 0. The van der Waals surface area contributed by atoms with Crippen molar-refractivity contribution in [3.8, 4) is 0 Å². The van der Waals surface area contributed by atoms with E-state index in [4.69, 9.17) is 4.74 Å². The number of carbonyl (C=O) groups excluding carboxylic acids is 1. The van der Waals surface area contributed by atoms with E-state index in [1.54, 1.807) is 0 Å². The summed E-state index contributed by atoms with van der Waals surface area (Å²) in [6, 6.07) is 0. The summed E-state index contributed by atoms with van der Waals surface area (Å²) in [6.45, 7) is 5.93.